The van der Waals surface area contributed by atoms with Gasteiger partial charge in [0.1, 0.15) is 0 Å². The predicted octanol–water partition coefficient (Wildman–Crippen LogP) is 1.52. The van der Waals surface area contributed by atoms with Gasteiger partial charge in [0.05, 0.1) is 0 Å². The summed E-state index contributed by atoms with van der Waals surface area (Å²) in [6.07, 6.45) is 5.14. The molecule has 0 unspecified atom stereocenters. The highest BCUT2D eigenvalue weighted by Crippen LogP contribution is 2.11. The Balaban J connectivity index is 2.30. The van der Waals surface area contributed by atoms with Crippen LogP contribution in [0.15, 0.2) is 0 Å². The number of piperidine rings is 1. The molecule has 0 amide bonds. The fourth-order valence-electron chi connectivity index (χ4n) is 1.62. The standard InChI is InChI=1S/C9H19IN2O2S/c10-6-2-3-7-11-15(13,14)12-8-4-1-5-9-12/h11H,1-9H2. The van der Waals surface area contributed by atoms with Crippen LogP contribution in [-0.4, -0.2) is 36.8 Å². The molecule has 6 heteroatoms. The second-order valence-electron chi connectivity index (χ2n) is 3.76. The maximum Gasteiger partial charge on any atom is 0.279 e. The first kappa shape index (κ1) is 13.7. The van der Waals surface area contributed by atoms with Gasteiger partial charge in [-0.15, -0.1) is 0 Å². The quantitative estimate of drug-likeness (QED) is 0.450. The normalized spacial score (nSPS) is 19.3. The van der Waals surface area contributed by atoms with E-state index in [2.05, 4.69) is 27.3 Å². The molecule has 0 atom stereocenters. The number of nitrogens with one attached hydrogen (secondary N) is 1. The Kier molecular flexibility index (Phi) is 6.40. The molecule has 1 aliphatic rings. The molecule has 1 aliphatic heterocycles. The summed E-state index contributed by atoms with van der Waals surface area (Å²) in [4.78, 5) is 0. The van der Waals surface area contributed by atoms with Gasteiger partial charge in [0.15, 0.2) is 0 Å². The van der Waals surface area contributed by atoms with Crippen LogP contribution in [0.3, 0.4) is 0 Å². The van der Waals surface area contributed by atoms with Gasteiger partial charge in [-0.2, -0.15) is 12.7 Å². The summed E-state index contributed by atoms with van der Waals surface area (Å²) in [5.41, 5.74) is 0. The van der Waals surface area contributed by atoms with Crippen LogP contribution in [0.4, 0.5) is 0 Å². The third-order valence-corrected chi connectivity index (χ3v) is 4.88. The lowest BCUT2D eigenvalue weighted by Crippen LogP contribution is -2.43. The summed E-state index contributed by atoms with van der Waals surface area (Å²) < 4.78 is 28.8. The van der Waals surface area contributed by atoms with Gasteiger partial charge in [-0.3, -0.25) is 0 Å². The Morgan fingerprint density at radius 3 is 2.40 bits per heavy atom. The van der Waals surface area contributed by atoms with E-state index in [0.29, 0.717) is 19.6 Å². The van der Waals surface area contributed by atoms with Crippen molar-refractivity contribution in [2.75, 3.05) is 24.1 Å². The zero-order valence-corrected chi connectivity index (χ0v) is 11.9. The summed E-state index contributed by atoms with van der Waals surface area (Å²) in [6.45, 7) is 1.94. The Labute approximate surface area is 106 Å². The number of halogens is 1. The summed E-state index contributed by atoms with van der Waals surface area (Å²) in [5, 5.41) is 0. The van der Waals surface area contributed by atoms with E-state index in [4.69, 9.17) is 0 Å². The fourth-order valence-corrected chi connectivity index (χ4v) is 3.48. The molecule has 0 saturated carbocycles. The minimum absolute atomic E-state index is 0.571. The molecule has 0 aliphatic carbocycles. The van der Waals surface area contributed by atoms with Crippen molar-refractivity contribution in [3.05, 3.63) is 0 Å². The molecule has 1 fully saturated rings. The van der Waals surface area contributed by atoms with E-state index in [0.717, 1.165) is 36.5 Å². The largest absolute Gasteiger partial charge is 0.279 e. The van der Waals surface area contributed by atoms with E-state index in [1.807, 2.05) is 0 Å². The predicted molar refractivity (Wildman–Crippen MR) is 70.5 cm³/mol. The van der Waals surface area contributed by atoms with E-state index < -0.39 is 10.2 Å². The molecule has 15 heavy (non-hydrogen) atoms. The number of rotatable bonds is 6. The number of alkyl halides is 1. The van der Waals surface area contributed by atoms with Crippen molar-refractivity contribution in [2.24, 2.45) is 0 Å². The molecular weight excluding hydrogens is 327 g/mol. The second kappa shape index (κ2) is 7.03. The molecule has 0 aromatic rings. The Hall–Kier alpha value is 0.600. The van der Waals surface area contributed by atoms with Gasteiger partial charge in [-0.25, -0.2) is 4.72 Å². The average molecular weight is 346 g/mol. The molecule has 0 aromatic heterocycles. The van der Waals surface area contributed by atoms with Gasteiger partial charge in [0, 0.05) is 19.6 Å². The highest BCUT2D eigenvalue weighted by Gasteiger charge is 2.22. The molecule has 1 saturated heterocycles. The van der Waals surface area contributed by atoms with Gasteiger partial charge < -0.3 is 0 Å². The van der Waals surface area contributed by atoms with Gasteiger partial charge in [-0.05, 0) is 30.1 Å². The fraction of sp³-hybridized carbons (Fsp3) is 1.00. The first-order valence-corrected chi connectivity index (χ1v) is 8.44. The highest BCUT2D eigenvalue weighted by molar-refractivity contribution is 14.1. The second-order valence-corrected chi connectivity index (χ2v) is 6.59. The highest BCUT2D eigenvalue weighted by atomic mass is 127. The molecule has 0 radical (unpaired) electrons. The summed E-state index contributed by atoms with van der Waals surface area (Å²) in [6, 6.07) is 0. The van der Waals surface area contributed by atoms with Crippen LogP contribution in [0.2, 0.25) is 0 Å². The van der Waals surface area contributed by atoms with Crippen molar-refractivity contribution in [3.8, 4) is 0 Å². The third-order valence-electron chi connectivity index (χ3n) is 2.50. The maximum atomic E-state index is 11.8. The molecule has 1 heterocycles. The van der Waals surface area contributed by atoms with Crippen molar-refractivity contribution >= 4 is 32.8 Å². The van der Waals surface area contributed by atoms with E-state index >= 15 is 0 Å². The topological polar surface area (TPSA) is 49.4 Å². The van der Waals surface area contributed by atoms with Crippen molar-refractivity contribution < 1.29 is 8.42 Å². The van der Waals surface area contributed by atoms with E-state index in [9.17, 15) is 8.42 Å². The smallest absolute Gasteiger partial charge is 0.202 e. The van der Waals surface area contributed by atoms with Crippen LogP contribution < -0.4 is 4.72 Å². The molecule has 1 N–H and O–H groups in total. The van der Waals surface area contributed by atoms with Gasteiger partial charge in [0.25, 0.3) is 10.2 Å². The van der Waals surface area contributed by atoms with Crippen LogP contribution in [0.5, 0.6) is 0 Å². The van der Waals surface area contributed by atoms with E-state index in [-0.39, 0.29) is 0 Å². The number of nitrogens with zero attached hydrogens (tertiary/aromatic N) is 1. The van der Waals surface area contributed by atoms with Crippen LogP contribution >= 0.6 is 22.6 Å². The van der Waals surface area contributed by atoms with Crippen molar-refractivity contribution in [2.45, 2.75) is 32.1 Å². The molecule has 90 valence electrons. The maximum absolute atomic E-state index is 11.8. The molecule has 0 aromatic carbocycles. The summed E-state index contributed by atoms with van der Waals surface area (Å²) in [7, 11) is -3.18. The Morgan fingerprint density at radius 2 is 1.80 bits per heavy atom. The van der Waals surface area contributed by atoms with Crippen LogP contribution in [0.25, 0.3) is 0 Å². The first-order chi connectivity index (χ1) is 7.17. The lowest BCUT2D eigenvalue weighted by Gasteiger charge is -2.25. The summed E-state index contributed by atoms with van der Waals surface area (Å²) >= 11 is 2.30. The first-order valence-electron chi connectivity index (χ1n) is 5.47. The van der Waals surface area contributed by atoms with Gasteiger partial charge >= 0.3 is 0 Å². The van der Waals surface area contributed by atoms with Gasteiger partial charge in [-0.1, -0.05) is 29.0 Å². The van der Waals surface area contributed by atoms with Crippen molar-refractivity contribution in [1.29, 1.82) is 0 Å². The third kappa shape index (κ3) is 4.97. The monoisotopic (exact) mass is 346 g/mol. The lowest BCUT2D eigenvalue weighted by molar-refractivity contribution is 0.341. The minimum Gasteiger partial charge on any atom is -0.202 e. The Morgan fingerprint density at radius 1 is 1.13 bits per heavy atom. The molecule has 4 nitrogen and oxygen atoms in total. The SMILES string of the molecule is O=S(=O)(NCCCCI)N1CCCCC1. The zero-order valence-electron chi connectivity index (χ0n) is 8.91. The van der Waals surface area contributed by atoms with Crippen molar-refractivity contribution in [1.82, 2.24) is 9.03 Å². The van der Waals surface area contributed by atoms with Gasteiger partial charge in [0.2, 0.25) is 0 Å². The van der Waals surface area contributed by atoms with Crippen LogP contribution in [0, 0.1) is 0 Å². The average Bonchev–Trinajstić information content (AvgIpc) is 2.26. The van der Waals surface area contributed by atoms with Crippen molar-refractivity contribution in [3.63, 3.8) is 0 Å². The zero-order chi connectivity index (χ0) is 11.1. The van der Waals surface area contributed by atoms with Crippen LogP contribution in [-0.2, 0) is 10.2 Å². The summed E-state index contributed by atoms with van der Waals surface area (Å²) in [5.74, 6) is 0. The van der Waals surface area contributed by atoms with Crippen LogP contribution in [0.1, 0.15) is 32.1 Å². The number of hydrogen-bond donors (Lipinski definition) is 1. The minimum atomic E-state index is -3.18. The number of hydrogen-bond acceptors (Lipinski definition) is 2. The van der Waals surface area contributed by atoms with E-state index in [1.165, 1.54) is 0 Å². The molecule has 0 bridgehead atoms. The number of unbranched alkanes of at least 4 members (excludes halogenated alkanes) is 1. The van der Waals surface area contributed by atoms with E-state index in [1.54, 1.807) is 4.31 Å². The lowest BCUT2D eigenvalue weighted by atomic mass is 10.2. The molecule has 1 rings (SSSR count). The Bertz CT molecular complexity index is 263. The molecular formula is C9H19IN2O2S. The molecule has 0 spiro atoms.